The fraction of sp³-hybridized carbons (Fsp3) is 0.0667. The van der Waals surface area contributed by atoms with Gasteiger partial charge in [-0.15, -0.1) is 0 Å². The molecule has 5 nitrogen and oxygen atoms in total. The molecular formula is C15H12ClFN2O3. The smallest absolute Gasteiger partial charge is 0.275 e. The molecule has 0 fully saturated rings. The van der Waals surface area contributed by atoms with Gasteiger partial charge in [-0.1, -0.05) is 11.6 Å². The number of phenols is 1. The monoisotopic (exact) mass is 322 g/mol. The van der Waals surface area contributed by atoms with Crippen molar-refractivity contribution < 1.29 is 19.0 Å². The van der Waals surface area contributed by atoms with E-state index in [4.69, 9.17) is 16.3 Å². The first-order chi connectivity index (χ1) is 10.5. The fourth-order valence-electron chi connectivity index (χ4n) is 1.68. The second-order valence-electron chi connectivity index (χ2n) is 4.25. The minimum absolute atomic E-state index is 0.00874. The number of amides is 1. The maximum atomic E-state index is 13.5. The van der Waals surface area contributed by atoms with Crippen LogP contribution in [0.15, 0.2) is 41.5 Å². The first-order valence-electron chi connectivity index (χ1n) is 6.16. The van der Waals surface area contributed by atoms with Gasteiger partial charge in [0.1, 0.15) is 5.75 Å². The van der Waals surface area contributed by atoms with Crippen molar-refractivity contribution in [2.45, 2.75) is 0 Å². The van der Waals surface area contributed by atoms with Crippen LogP contribution in [0, 0.1) is 5.82 Å². The van der Waals surface area contributed by atoms with Gasteiger partial charge in [-0.05, 0) is 42.0 Å². The molecule has 0 unspecified atom stereocenters. The highest BCUT2D eigenvalue weighted by atomic mass is 35.5. The lowest BCUT2D eigenvalue weighted by molar-refractivity contribution is 0.0952. The van der Waals surface area contributed by atoms with Crippen molar-refractivity contribution in [2.75, 3.05) is 7.11 Å². The third-order valence-electron chi connectivity index (χ3n) is 2.76. The third kappa shape index (κ3) is 3.73. The molecule has 0 aromatic heterocycles. The van der Waals surface area contributed by atoms with Crippen molar-refractivity contribution in [1.29, 1.82) is 0 Å². The van der Waals surface area contributed by atoms with Gasteiger partial charge in [0.2, 0.25) is 0 Å². The Hall–Kier alpha value is -2.60. The van der Waals surface area contributed by atoms with Crippen LogP contribution < -0.4 is 10.2 Å². The highest BCUT2D eigenvalue weighted by Crippen LogP contribution is 2.21. The number of carbonyl (C=O) groups is 1. The molecule has 0 spiro atoms. The number of carbonyl (C=O) groups excluding carboxylic acids is 1. The van der Waals surface area contributed by atoms with E-state index in [9.17, 15) is 14.3 Å². The van der Waals surface area contributed by atoms with Crippen molar-refractivity contribution in [2.24, 2.45) is 5.10 Å². The molecule has 0 saturated carbocycles. The summed E-state index contributed by atoms with van der Waals surface area (Å²) in [5.74, 6) is -1.27. The number of hydrogen-bond acceptors (Lipinski definition) is 4. The van der Waals surface area contributed by atoms with Gasteiger partial charge in [0.05, 0.1) is 18.9 Å². The average Bonchev–Trinajstić information content (AvgIpc) is 2.49. The Kier molecular flexibility index (Phi) is 4.95. The average molecular weight is 323 g/mol. The zero-order valence-corrected chi connectivity index (χ0v) is 12.3. The zero-order chi connectivity index (χ0) is 16.1. The molecule has 0 aliphatic carbocycles. The summed E-state index contributed by atoms with van der Waals surface area (Å²) in [6.07, 6.45) is 1.27. The van der Waals surface area contributed by atoms with Crippen LogP contribution in [-0.2, 0) is 0 Å². The summed E-state index contributed by atoms with van der Waals surface area (Å²) in [6, 6.07) is 8.31. The highest BCUT2D eigenvalue weighted by molar-refractivity contribution is 6.31. The summed E-state index contributed by atoms with van der Waals surface area (Å²) in [5.41, 5.74) is 2.65. The number of nitrogens with zero attached hydrogens (tertiary/aromatic N) is 1. The summed E-state index contributed by atoms with van der Waals surface area (Å²) in [7, 11) is 1.36. The second kappa shape index (κ2) is 6.91. The molecule has 114 valence electrons. The molecule has 0 aliphatic heterocycles. The number of phenolic OH excluding ortho intramolecular Hbond substituents is 1. The molecule has 2 N–H and O–H groups in total. The lowest BCUT2D eigenvalue weighted by atomic mass is 10.2. The number of nitrogens with one attached hydrogen (secondary N) is 1. The van der Waals surface area contributed by atoms with Gasteiger partial charge in [-0.3, -0.25) is 4.79 Å². The molecule has 1 amide bonds. The minimum Gasteiger partial charge on any atom is -0.507 e. The van der Waals surface area contributed by atoms with E-state index in [1.54, 1.807) is 6.07 Å². The number of hydrogen-bond donors (Lipinski definition) is 2. The molecule has 2 aromatic carbocycles. The lowest BCUT2D eigenvalue weighted by Crippen LogP contribution is -2.17. The molecule has 0 atom stereocenters. The second-order valence-corrected chi connectivity index (χ2v) is 4.69. The van der Waals surface area contributed by atoms with E-state index in [-0.39, 0.29) is 17.1 Å². The van der Waals surface area contributed by atoms with Gasteiger partial charge in [-0.2, -0.15) is 5.10 Å². The van der Waals surface area contributed by atoms with Crippen LogP contribution in [0.1, 0.15) is 15.9 Å². The maximum absolute atomic E-state index is 13.5. The van der Waals surface area contributed by atoms with Crippen molar-refractivity contribution in [3.05, 3.63) is 58.4 Å². The van der Waals surface area contributed by atoms with Gasteiger partial charge in [0.15, 0.2) is 11.6 Å². The van der Waals surface area contributed by atoms with E-state index in [1.807, 2.05) is 0 Å². The molecule has 0 aliphatic rings. The van der Waals surface area contributed by atoms with E-state index >= 15 is 0 Å². The standard InChI is InChI=1S/C15H12ClFN2O3/c1-22-14-5-2-9(6-12(14)17)8-18-19-15(21)11-7-10(16)3-4-13(11)20/h2-8,20H,1H3,(H,19,21)/b18-8-. The summed E-state index contributed by atoms with van der Waals surface area (Å²) < 4.78 is 18.3. The molecule has 0 saturated heterocycles. The van der Waals surface area contributed by atoms with Gasteiger partial charge >= 0.3 is 0 Å². The quantitative estimate of drug-likeness (QED) is 0.671. The first-order valence-corrected chi connectivity index (χ1v) is 6.54. The summed E-state index contributed by atoms with van der Waals surface area (Å²) in [6.45, 7) is 0. The summed E-state index contributed by atoms with van der Waals surface area (Å²) in [5, 5.41) is 13.6. The zero-order valence-electron chi connectivity index (χ0n) is 11.5. The van der Waals surface area contributed by atoms with Crippen molar-refractivity contribution in [3.8, 4) is 11.5 Å². The number of ether oxygens (including phenoxy) is 1. The SMILES string of the molecule is COc1ccc(/C=N\NC(=O)c2cc(Cl)ccc2O)cc1F. The molecule has 22 heavy (non-hydrogen) atoms. The van der Waals surface area contributed by atoms with E-state index in [0.29, 0.717) is 10.6 Å². The van der Waals surface area contributed by atoms with E-state index in [0.717, 1.165) is 0 Å². The largest absolute Gasteiger partial charge is 0.507 e. The number of rotatable bonds is 4. The van der Waals surface area contributed by atoms with Crippen LogP contribution in [0.2, 0.25) is 5.02 Å². The maximum Gasteiger partial charge on any atom is 0.275 e. The van der Waals surface area contributed by atoms with Crippen LogP contribution in [0.25, 0.3) is 0 Å². The number of benzene rings is 2. The van der Waals surface area contributed by atoms with Gasteiger partial charge in [0, 0.05) is 5.02 Å². The Labute approximate surface area is 131 Å². The van der Waals surface area contributed by atoms with E-state index < -0.39 is 11.7 Å². The molecule has 0 radical (unpaired) electrons. The predicted octanol–water partition coefficient (Wildman–Crippen LogP) is 2.96. The Morgan fingerprint density at radius 3 is 2.82 bits per heavy atom. The Balaban J connectivity index is 2.07. The lowest BCUT2D eigenvalue weighted by Gasteiger charge is -2.04. The van der Waals surface area contributed by atoms with E-state index in [2.05, 4.69) is 10.5 Å². The predicted molar refractivity (Wildman–Crippen MR) is 81.1 cm³/mol. The normalized spacial score (nSPS) is 10.7. The van der Waals surface area contributed by atoms with Gasteiger partial charge < -0.3 is 9.84 Å². The fourth-order valence-corrected chi connectivity index (χ4v) is 1.85. The van der Waals surface area contributed by atoms with Crippen LogP contribution >= 0.6 is 11.6 Å². The summed E-state index contributed by atoms with van der Waals surface area (Å²) in [4.78, 5) is 11.8. The van der Waals surface area contributed by atoms with E-state index in [1.165, 1.54) is 43.7 Å². The minimum atomic E-state index is -0.634. The molecule has 0 bridgehead atoms. The highest BCUT2D eigenvalue weighted by Gasteiger charge is 2.10. The Morgan fingerprint density at radius 2 is 2.14 bits per heavy atom. The van der Waals surface area contributed by atoms with Crippen molar-refractivity contribution in [1.82, 2.24) is 5.43 Å². The van der Waals surface area contributed by atoms with Crippen molar-refractivity contribution in [3.63, 3.8) is 0 Å². The first kappa shape index (κ1) is 15.8. The van der Waals surface area contributed by atoms with Crippen LogP contribution in [0.3, 0.4) is 0 Å². The van der Waals surface area contributed by atoms with Crippen LogP contribution in [-0.4, -0.2) is 24.3 Å². The molecule has 2 aromatic rings. The Morgan fingerprint density at radius 1 is 1.36 bits per heavy atom. The van der Waals surface area contributed by atoms with Gasteiger partial charge in [-0.25, -0.2) is 9.82 Å². The molecular weight excluding hydrogens is 311 g/mol. The third-order valence-corrected chi connectivity index (χ3v) is 2.99. The van der Waals surface area contributed by atoms with Crippen LogP contribution in [0.4, 0.5) is 4.39 Å². The number of halogens is 2. The molecule has 7 heteroatoms. The molecule has 0 heterocycles. The molecule has 2 rings (SSSR count). The Bertz CT molecular complexity index is 735. The van der Waals surface area contributed by atoms with Gasteiger partial charge in [0.25, 0.3) is 5.91 Å². The number of methoxy groups -OCH3 is 1. The topological polar surface area (TPSA) is 70.9 Å². The van der Waals surface area contributed by atoms with Crippen LogP contribution in [0.5, 0.6) is 11.5 Å². The number of aromatic hydroxyl groups is 1. The van der Waals surface area contributed by atoms with Crippen molar-refractivity contribution >= 4 is 23.7 Å². The number of hydrazone groups is 1. The summed E-state index contributed by atoms with van der Waals surface area (Å²) >= 11 is 5.75.